The van der Waals surface area contributed by atoms with Gasteiger partial charge in [-0.3, -0.25) is 9.59 Å². The van der Waals surface area contributed by atoms with Gasteiger partial charge in [0.25, 0.3) is 0 Å². The van der Waals surface area contributed by atoms with Crippen LogP contribution in [0.5, 0.6) is 34.5 Å². The fourth-order valence-electron chi connectivity index (χ4n) is 8.03. The normalized spacial score (nSPS) is 17.3. The van der Waals surface area contributed by atoms with E-state index in [9.17, 15) is 24.0 Å². The Morgan fingerprint density at radius 1 is 0.589 bits per heavy atom. The molecule has 0 unspecified atom stereocenters. The minimum absolute atomic E-state index is 0.0408. The smallest absolute Gasteiger partial charge is 0.333 e. The first kappa shape index (κ1) is 52.8. The van der Waals surface area contributed by atoms with Crippen LogP contribution in [0, 0.1) is 23.7 Å². The van der Waals surface area contributed by atoms with Crippen molar-refractivity contribution in [2.45, 2.75) is 51.4 Å². The molecule has 0 spiro atoms. The van der Waals surface area contributed by atoms with Crippen LogP contribution in [0.3, 0.4) is 0 Å². The van der Waals surface area contributed by atoms with Crippen LogP contribution >= 0.6 is 11.3 Å². The number of esters is 5. The van der Waals surface area contributed by atoms with Crippen LogP contribution in [-0.2, 0) is 38.2 Å². The van der Waals surface area contributed by atoms with Crippen molar-refractivity contribution < 1.29 is 66.6 Å². The van der Waals surface area contributed by atoms with Crippen LogP contribution in [0.4, 0.5) is 5.13 Å². The highest BCUT2D eigenvalue weighted by Gasteiger charge is 2.30. The fourth-order valence-corrected chi connectivity index (χ4v) is 8.98. The highest BCUT2D eigenvalue weighted by atomic mass is 32.1. The zero-order chi connectivity index (χ0) is 51.4. The van der Waals surface area contributed by atoms with Gasteiger partial charge < -0.3 is 42.6 Å². The highest BCUT2D eigenvalue weighted by Crippen LogP contribution is 2.35. The van der Waals surface area contributed by atoms with Gasteiger partial charge >= 0.3 is 29.8 Å². The predicted molar refractivity (Wildman–Crippen MR) is 272 cm³/mol. The monoisotopic (exact) mass is 1020 g/mol. The maximum atomic E-state index is 13.2. The van der Waals surface area contributed by atoms with Crippen molar-refractivity contribution in [3.8, 4) is 34.5 Å². The highest BCUT2D eigenvalue weighted by molar-refractivity contribution is 7.22. The summed E-state index contributed by atoms with van der Waals surface area (Å²) in [5.74, 6) is 0.443. The lowest BCUT2D eigenvalue weighted by Gasteiger charge is -2.28. The van der Waals surface area contributed by atoms with E-state index in [4.69, 9.17) is 52.7 Å². The van der Waals surface area contributed by atoms with Gasteiger partial charge in [-0.1, -0.05) is 43.2 Å². The fraction of sp³-hybridized carbons (Fsp3) is 0.327. The van der Waals surface area contributed by atoms with Crippen molar-refractivity contribution >= 4 is 62.7 Å². The standard InChI is InChI=1S/C55H57N3O14S/c1-4-50(59)64-30-29-58(55-57-47-9-7-8-10-49(47)73-55)56-32-41-31-46(65-33-37-11-15-39(16-12-37)53(62)71-44-23-19-42(20-24-44)67-35-69-51(60)5-2)27-28-48(41)66-34-38-13-17-40(18-14-38)54(63)72-45-25-21-43(22-26-45)68-36-70-52(61)6-3/h4-10,19-28,31-32,37-40H,1-3,11-18,29-30,33-36H2/b56-32+. The first-order valence-corrected chi connectivity index (χ1v) is 24.7. The third-order valence-electron chi connectivity index (χ3n) is 12.1. The topological polar surface area (TPSA) is 197 Å². The van der Waals surface area contributed by atoms with Crippen LogP contribution in [0.2, 0.25) is 0 Å². The summed E-state index contributed by atoms with van der Waals surface area (Å²) >= 11 is 1.46. The second-order valence-electron chi connectivity index (χ2n) is 17.1. The van der Waals surface area contributed by atoms with Gasteiger partial charge in [0.2, 0.25) is 18.7 Å². The Morgan fingerprint density at radius 3 is 1.62 bits per heavy atom. The summed E-state index contributed by atoms with van der Waals surface area (Å²) in [4.78, 5) is 65.5. The Hall–Kier alpha value is -7.99. The molecule has 17 nitrogen and oxygen atoms in total. The number of para-hydroxylation sites is 1. The Balaban J connectivity index is 0.953. The molecule has 0 atom stereocenters. The molecule has 73 heavy (non-hydrogen) atoms. The lowest BCUT2D eigenvalue weighted by Crippen LogP contribution is -2.28. The molecule has 5 aromatic rings. The van der Waals surface area contributed by atoms with Gasteiger partial charge in [-0.25, -0.2) is 24.4 Å². The molecule has 0 bridgehead atoms. The molecule has 4 aromatic carbocycles. The van der Waals surface area contributed by atoms with Gasteiger partial charge in [0.1, 0.15) is 41.1 Å². The average Bonchev–Trinajstić information content (AvgIpc) is 3.86. The summed E-state index contributed by atoms with van der Waals surface area (Å²) in [7, 11) is 0. The summed E-state index contributed by atoms with van der Waals surface area (Å²) in [6.07, 6.45) is 10.6. The van der Waals surface area contributed by atoms with E-state index < -0.39 is 17.9 Å². The maximum absolute atomic E-state index is 13.2. The quantitative estimate of drug-likeness (QED) is 0.0102. The number of hydrazone groups is 1. The molecular weight excluding hydrogens is 959 g/mol. The predicted octanol–water partition coefficient (Wildman–Crippen LogP) is 9.58. The number of benzene rings is 4. The van der Waals surface area contributed by atoms with Crippen LogP contribution in [0.1, 0.15) is 56.9 Å². The van der Waals surface area contributed by atoms with E-state index in [1.165, 1.54) is 11.3 Å². The van der Waals surface area contributed by atoms with Crippen molar-refractivity contribution in [1.29, 1.82) is 0 Å². The van der Waals surface area contributed by atoms with E-state index in [0.29, 0.717) is 84.1 Å². The zero-order valence-corrected chi connectivity index (χ0v) is 41.1. The van der Waals surface area contributed by atoms with Gasteiger partial charge in [-0.15, -0.1) is 0 Å². The summed E-state index contributed by atoms with van der Waals surface area (Å²) in [6.45, 7) is 10.8. The molecule has 382 valence electrons. The van der Waals surface area contributed by atoms with Crippen LogP contribution in [0.15, 0.2) is 134 Å². The molecule has 0 saturated heterocycles. The van der Waals surface area contributed by atoms with E-state index >= 15 is 0 Å². The second-order valence-corrected chi connectivity index (χ2v) is 18.1. The Labute approximate surface area is 426 Å². The SMILES string of the molecule is C=CC(=O)OCCN(/N=C/c1cc(OCC2CCC(C(=O)Oc3ccc(OCOC(=O)C=C)cc3)CC2)ccc1OCC1CCC(C(=O)Oc2ccc(OCOC(=O)C=C)cc2)CC1)c1nc2ccccc2s1. The Kier molecular flexibility index (Phi) is 19.5. The van der Waals surface area contributed by atoms with Gasteiger partial charge in [0.05, 0.1) is 48.0 Å². The van der Waals surface area contributed by atoms with Gasteiger partial charge in [-0.2, -0.15) is 5.10 Å². The van der Waals surface area contributed by atoms with E-state index in [2.05, 4.69) is 19.7 Å². The van der Waals surface area contributed by atoms with E-state index in [1.807, 2.05) is 42.5 Å². The van der Waals surface area contributed by atoms with E-state index in [-0.39, 0.29) is 62.3 Å². The molecule has 1 aromatic heterocycles. The van der Waals surface area contributed by atoms with E-state index in [0.717, 1.165) is 54.1 Å². The lowest BCUT2D eigenvalue weighted by molar-refractivity contribution is -0.145. The molecule has 0 radical (unpaired) electrons. The zero-order valence-electron chi connectivity index (χ0n) is 40.3. The first-order valence-electron chi connectivity index (χ1n) is 23.9. The number of thiazole rings is 1. The molecule has 0 amide bonds. The number of aromatic nitrogens is 1. The Morgan fingerprint density at radius 2 is 1.08 bits per heavy atom. The number of fused-ring (bicyclic) bond motifs is 1. The van der Waals surface area contributed by atoms with Crippen molar-refractivity contribution in [2.75, 3.05) is 45.0 Å². The van der Waals surface area contributed by atoms with Gasteiger partial charge in [0, 0.05) is 23.8 Å². The summed E-state index contributed by atoms with van der Waals surface area (Å²) in [5.41, 5.74) is 1.47. The molecule has 2 aliphatic rings. The third-order valence-corrected chi connectivity index (χ3v) is 13.2. The van der Waals surface area contributed by atoms with Crippen LogP contribution < -0.4 is 33.4 Å². The molecule has 0 aliphatic heterocycles. The van der Waals surface area contributed by atoms with Crippen molar-refractivity contribution in [3.63, 3.8) is 0 Å². The summed E-state index contributed by atoms with van der Waals surface area (Å²) in [6, 6.07) is 26.4. The number of carbonyl (C=O) groups is 5. The molecule has 1 heterocycles. The largest absolute Gasteiger partial charge is 0.493 e. The minimum atomic E-state index is -0.595. The summed E-state index contributed by atoms with van der Waals surface area (Å²) in [5, 5.41) is 7.15. The van der Waals surface area contributed by atoms with Crippen LogP contribution in [0.25, 0.3) is 10.2 Å². The molecular formula is C55H57N3O14S. The molecule has 0 N–H and O–H groups in total. The van der Waals surface area contributed by atoms with Crippen molar-refractivity contribution in [2.24, 2.45) is 28.8 Å². The number of hydrogen-bond donors (Lipinski definition) is 0. The maximum Gasteiger partial charge on any atom is 0.333 e. The second kappa shape index (κ2) is 27.0. The number of rotatable bonds is 25. The molecule has 2 fully saturated rings. The first-order chi connectivity index (χ1) is 35.5. The van der Waals surface area contributed by atoms with Gasteiger partial charge in [-0.05, 0) is 142 Å². The van der Waals surface area contributed by atoms with Crippen molar-refractivity contribution in [3.05, 3.63) is 135 Å². The molecule has 18 heteroatoms. The van der Waals surface area contributed by atoms with Crippen LogP contribution in [-0.4, -0.2) is 81.0 Å². The molecule has 2 aliphatic carbocycles. The lowest BCUT2D eigenvalue weighted by atomic mass is 9.82. The number of ether oxygens (including phenoxy) is 9. The molecule has 7 rings (SSSR count). The average molecular weight is 1020 g/mol. The third kappa shape index (κ3) is 16.3. The number of anilines is 1. The number of hydrogen-bond acceptors (Lipinski definition) is 18. The van der Waals surface area contributed by atoms with Gasteiger partial charge in [0.15, 0.2) is 0 Å². The number of carbonyl (C=O) groups excluding carboxylic acids is 5. The molecule has 2 saturated carbocycles. The summed E-state index contributed by atoms with van der Waals surface area (Å²) < 4.78 is 51.0. The minimum Gasteiger partial charge on any atom is -0.493 e. The van der Waals surface area contributed by atoms with E-state index in [1.54, 1.807) is 59.8 Å². The Bertz CT molecular complexity index is 2690. The van der Waals surface area contributed by atoms with Crippen molar-refractivity contribution in [1.82, 2.24) is 4.98 Å². The number of nitrogens with zero attached hydrogens (tertiary/aromatic N) is 3.